The molecule has 3 aromatic carbocycles. The van der Waals surface area contributed by atoms with Crippen molar-refractivity contribution in [2.75, 3.05) is 26.9 Å². The minimum absolute atomic E-state index is 0.0517. The van der Waals surface area contributed by atoms with Crippen molar-refractivity contribution in [3.05, 3.63) is 76.1 Å². The van der Waals surface area contributed by atoms with Crippen molar-refractivity contribution in [3.8, 4) is 28.4 Å². The van der Waals surface area contributed by atoms with Gasteiger partial charge < -0.3 is 24.3 Å². The summed E-state index contributed by atoms with van der Waals surface area (Å²) in [5.74, 6) is 1.33. The smallest absolute Gasteiger partial charge is 0.306 e. The summed E-state index contributed by atoms with van der Waals surface area (Å²) in [5.41, 5.74) is 6.64. The SMILES string of the molecule is COC(=O)CC1COc2cc(O[C@@H]3CCc4c(-c5c(C)cc(OCCNC(C)=O)cc5C)ccc(F)c43)ccc21. The normalized spacial score (nSPS) is 17.0. The van der Waals surface area contributed by atoms with E-state index in [0.717, 1.165) is 39.1 Å². The summed E-state index contributed by atoms with van der Waals surface area (Å²) in [7, 11) is 1.38. The van der Waals surface area contributed by atoms with Crippen LogP contribution in [-0.4, -0.2) is 38.7 Å². The molecule has 40 heavy (non-hydrogen) atoms. The average Bonchev–Trinajstić information content (AvgIpc) is 3.52. The number of ether oxygens (including phenoxy) is 4. The van der Waals surface area contributed by atoms with Gasteiger partial charge >= 0.3 is 5.97 Å². The quantitative estimate of drug-likeness (QED) is 0.272. The van der Waals surface area contributed by atoms with Crippen LogP contribution < -0.4 is 19.5 Å². The van der Waals surface area contributed by atoms with E-state index in [1.807, 2.05) is 50.2 Å². The highest BCUT2D eigenvalue weighted by Crippen LogP contribution is 2.45. The second kappa shape index (κ2) is 11.6. The molecule has 1 aliphatic heterocycles. The number of esters is 1. The van der Waals surface area contributed by atoms with Gasteiger partial charge in [-0.1, -0.05) is 12.1 Å². The number of rotatable bonds is 9. The Labute approximate surface area is 233 Å². The maximum atomic E-state index is 15.3. The van der Waals surface area contributed by atoms with Crippen molar-refractivity contribution < 1.29 is 32.9 Å². The number of carbonyl (C=O) groups is 2. The van der Waals surface area contributed by atoms with Gasteiger partial charge in [0.15, 0.2) is 0 Å². The first-order valence-corrected chi connectivity index (χ1v) is 13.6. The summed E-state index contributed by atoms with van der Waals surface area (Å²) < 4.78 is 38.0. The first-order chi connectivity index (χ1) is 19.2. The number of halogens is 1. The lowest BCUT2D eigenvalue weighted by Crippen LogP contribution is -2.25. The fourth-order valence-corrected chi connectivity index (χ4v) is 5.80. The summed E-state index contributed by atoms with van der Waals surface area (Å²) in [6, 6.07) is 12.9. The molecule has 0 spiro atoms. The van der Waals surface area contributed by atoms with Crippen LogP contribution in [0.25, 0.3) is 11.1 Å². The first-order valence-electron chi connectivity index (χ1n) is 13.6. The lowest BCUT2D eigenvalue weighted by molar-refractivity contribution is -0.141. The highest BCUT2D eigenvalue weighted by molar-refractivity contribution is 5.77. The van der Waals surface area contributed by atoms with E-state index in [1.54, 1.807) is 0 Å². The summed E-state index contributed by atoms with van der Waals surface area (Å²) in [4.78, 5) is 22.8. The van der Waals surface area contributed by atoms with Gasteiger partial charge in [0.2, 0.25) is 5.91 Å². The van der Waals surface area contributed by atoms with Crippen molar-refractivity contribution in [1.82, 2.24) is 5.32 Å². The molecule has 0 radical (unpaired) electrons. The molecule has 0 fully saturated rings. The highest BCUT2D eigenvalue weighted by atomic mass is 19.1. The van der Waals surface area contributed by atoms with Crippen molar-refractivity contribution in [1.29, 1.82) is 0 Å². The molecule has 5 rings (SSSR count). The molecule has 1 heterocycles. The Morgan fingerprint density at radius 2 is 1.85 bits per heavy atom. The topological polar surface area (TPSA) is 83.1 Å². The Kier molecular flexibility index (Phi) is 7.96. The van der Waals surface area contributed by atoms with E-state index in [4.69, 9.17) is 18.9 Å². The van der Waals surface area contributed by atoms with E-state index in [-0.39, 0.29) is 30.0 Å². The zero-order valence-electron chi connectivity index (χ0n) is 23.3. The van der Waals surface area contributed by atoms with Gasteiger partial charge in [-0.2, -0.15) is 0 Å². The predicted molar refractivity (Wildman–Crippen MR) is 148 cm³/mol. The molecule has 7 nitrogen and oxygen atoms in total. The number of benzene rings is 3. The van der Waals surface area contributed by atoms with Crippen molar-refractivity contribution in [2.24, 2.45) is 0 Å². The molecule has 0 aromatic heterocycles. The number of amides is 1. The molecule has 1 unspecified atom stereocenters. The Bertz CT molecular complexity index is 1430. The van der Waals surface area contributed by atoms with E-state index < -0.39 is 6.10 Å². The minimum Gasteiger partial charge on any atom is -0.492 e. The summed E-state index contributed by atoms with van der Waals surface area (Å²) in [5, 5.41) is 2.72. The number of methoxy groups -OCH3 is 1. The second-order valence-electron chi connectivity index (χ2n) is 10.4. The molecule has 2 atom stereocenters. The van der Waals surface area contributed by atoms with E-state index in [0.29, 0.717) is 49.7 Å². The highest BCUT2D eigenvalue weighted by Gasteiger charge is 2.32. The standard InChI is InChI=1S/C32H34FNO6/c1-18-13-23(38-12-11-34-20(3)35)14-19(2)31(18)25-7-9-27(33)32-26(25)8-10-28(32)40-22-5-6-24-21(15-30(36)37-4)17-39-29(24)16-22/h5-7,9,13-14,16,21,28H,8,10-12,15,17H2,1-4H3,(H,34,35)/t21?,28-/m1/s1. The number of carbonyl (C=O) groups excluding carboxylic acids is 2. The summed E-state index contributed by atoms with van der Waals surface area (Å²) >= 11 is 0. The van der Waals surface area contributed by atoms with Crippen molar-refractivity contribution >= 4 is 11.9 Å². The molecular formula is C32H34FNO6. The molecule has 210 valence electrons. The summed E-state index contributed by atoms with van der Waals surface area (Å²) in [6.07, 6.45) is 1.20. The van der Waals surface area contributed by atoms with Gasteiger partial charge in [-0.15, -0.1) is 0 Å². The van der Waals surface area contributed by atoms with Gasteiger partial charge in [0.1, 0.15) is 35.8 Å². The lowest BCUT2D eigenvalue weighted by Gasteiger charge is -2.19. The zero-order chi connectivity index (χ0) is 28.4. The molecule has 3 aromatic rings. The van der Waals surface area contributed by atoms with Crippen molar-refractivity contribution in [3.63, 3.8) is 0 Å². The first kappa shape index (κ1) is 27.5. The van der Waals surface area contributed by atoms with Crippen LogP contribution in [-0.2, 0) is 20.7 Å². The number of nitrogens with one attached hydrogen (secondary N) is 1. The largest absolute Gasteiger partial charge is 0.492 e. The van der Waals surface area contributed by atoms with Gasteiger partial charge in [-0.05, 0) is 78.8 Å². The Morgan fingerprint density at radius 3 is 2.58 bits per heavy atom. The fraction of sp³-hybridized carbons (Fsp3) is 0.375. The predicted octanol–water partition coefficient (Wildman–Crippen LogP) is 5.73. The number of hydrogen-bond acceptors (Lipinski definition) is 6. The van der Waals surface area contributed by atoms with Crippen LogP contribution in [0.1, 0.15) is 59.6 Å². The van der Waals surface area contributed by atoms with E-state index in [2.05, 4.69) is 5.32 Å². The van der Waals surface area contributed by atoms with Crippen LogP contribution in [0, 0.1) is 19.7 Å². The molecule has 0 bridgehead atoms. The average molecular weight is 548 g/mol. The molecule has 1 amide bonds. The number of aryl methyl sites for hydroxylation is 2. The lowest BCUT2D eigenvalue weighted by atomic mass is 9.90. The minimum atomic E-state index is -0.419. The van der Waals surface area contributed by atoms with E-state index >= 15 is 4.39 Å². The fourth-order valence-electron chi connectivity index (χ4n) is 5.80. The molecule has 2 aliphatic rings. The third-order valence-corrected chi connectivity index (χ3v) is 7.59. The van der Waals surface area contributed by atoms with Crippen LogP contribution >= 0.6 is 0 Å². The van der Waals surface area contributed by atoms with Gasteiger partial charge in [0.05, 0.1) is 26.7 Å². The second-order valence-corrected chi connectivity index (χ2v) is 10.4. The van der Waals surface area contributed by atoms with Gasteiger partial charge in [-0.25, -0.2) is 4.39 Å². The molecule has 1 aliphatic carbocycles. The van der Waals surface area contributed by atoms with Crippen LogP contribution in [0.3, 0.4) is 0 Å². The Balaban J connectivity index is 1.36. The maximum Gasteiger partial charge on any atom is 0.306 e. The number of hydrogen-bond donors (Lipinski definition) is 1. The monoisotopic (exact) mass is 547 g/mol. The van der Waals surface area contributed by atoms with Gasteiger partial charge in [0, 0.05) is 30.0 Å². The maximum absolute atomic E-state index is 15.3. The molecular weight excluding hydrogens is 513 g/mol. The third-order valence-electron chi connectivity index (χ3n) is 7.59. The van der Waals surface area contributed by atoms with Crippen LogP contribution in [0.5, 0.6) is 17.2 Å². The van der Waals surface area contributed by atoms with Crippen molar-refractivity contribution in [2.45, 2.75) is 52.1 Å². The van der Waals surface area contributed by atoms with E-state index in [9.17, 15) is 9.59 Å². The van der Waals surface area contributed by atoms with Gasteiger partial charge in [-0.3, -0.25) is 9.59 Å². The van der Waals surface area contributed by atoms with Gasteiger partial charge in [0.25, 0.3) is 0 Å². The molecule has 0 saturated carbocycles. The van der Waals surface area contributed by atoms with Crippen LogP contribution in [0.15, 0.2) is 42.5 Å². The Morgan fingerprint density at radius 1 is 1.07 bits per heavy atom. The zero-order valence-corrected chi connectivity index (χ0v) is 23.3. The molecule has 0 saturated heterocycles. The van der Waals surface area contributed by atoms with Crippen LogP contribution in [0.4, 0.5) is 4.39 Å². The van der Waals surface area contributed by atoms with E-state index in [1.165, 1.54) is 20.1 Å². The number of fused-ring (bicyclic) bond motifs is 2. The Hall–Kier alpha value is -4.07. The molecule has 1 N–H and O–H groups in total. The van der Waals surface area contributed by atoms with Crippen LogP contribution in [0.2, 0.25) is 0 Å². The third kappa shape index (κ3) is 5.62. The molecule has 8 heteroatoms. The summed E-state index contributed by atoms with van der Waals surface area (Å²) in [6.45, 7) is 6.76.